The van der Waals surface area contributed by atoms with E-state index in [1.807, 2.05) is 30.3 Å². The minimum Gasteiger partial charge on any atom is -0.461 e. The normalized spacial score (nSPS) is 11.0. The zero-order chi connectivity index (χ0) is 27.7. The van der Waals surface area contributed by atoms with Crippen LogP contribution >= 0.6 is 0 Å². The van der Waals surface area contributed by atoms with Gasteiger partial charge in [0.05, 0.1) is 17.8 Å². The van der Waals surface area contributed by atoms with E-state index in [9.17, 15) is 14.0 Å². The maximum atomic E-state index is 14.2. The molecule has 0 saturated carbocycles. The van der Waals surface area contributed by atoms with Crippen molar-refractivity contribution >= 4 is 34.2 Å². The second-order valence-corrected chi connectivity index (χ2v) is 8.98. The van der Waals surface area contributed by atoms with E-state index in [1.165, 1.54) is 12.1 Å². The monoisotopic (exact) mass is 523 g/mol. The summed E-state index contributed by atoms with van der Waals surface area (Å²) in [6.45, 7) is 3.81. The molecule has 0 saturated heterocycles. The van der Waals surface area contributed by atoms with Gasteiger partial charge in [0.25, 0.3) is 0 Å². The predicted octanol–water partition coefficient (Wildman–Crippen LogP) is 5.65. The van der Waals surface area contributed by atoms with Gasteiger partial charge in [0.2, 0.25) is 11.6 Å². The predicted molar refractivity (Wildman–Crippen MR) is 147 cm³/mol. The summed E-state index contributed by atoms with van der Waals surface area (Å²) in [6.07, 6.45) is 0. The zero-order valence-corrected chi connectivity index (χ0v) is 22.0. The fourth-order valence-corrected chi connectivity index (χ4v) is 4.49. The fraction of sp³-hybridized carbons (Fsp3) is 0.167. The van der Waals surface area contributed by atoms with E-state index in [-0.39, 0.29) is 18.2 Å². The van der Waals surface area contributed by atoms with Crippen molar-refractivity contribution in [2.75, 3.05) is 18.6 Å². The summed E-state index contributed by atoms with van der Waals surface area (Å²) in [4.78, 5) is 40.9. The van der Waals surface area contributed by atoms with E-state index in [0.29, 0.717) is 39.5 Å². The van der Waals surface area contributed by atoms with Crippen molar-refractivity contribution < 1.29 is 18.7 Å². The first kappa shape index (κ1) is 25.7. The summed E-state index contributed by atoms with van der Waals surface area (Å²) in [7, 11) is 3.57. The largest absolute Gasteiger partial charge is 0.461 e. The van der Waals surface area contributed by atoms with Gasteiger partial charge in [0, 0.05) is 36.3 Å². The first-order valence-corrected chi connectivity index (χ1v) is 12.4. The van der Waals surface area contributed by atoms with Crippen LogP contribution in [0.3, 0.4) is 0 Å². The summed E-state index contributed by atoms with van der Waals surface area (Å²) in [5.41, 5.74) is 3.45. The molecular formula is C30H26FN5O3. The van der Waals surface area contributed by atoms with Crippen molar-refractivity contribution in [2.24, 2.45) is 7.05 Å². The van der Waals surface area contributed by atoms with Gasteiger partial charge in [-0.05, 0) is 56.3 Å². The van der Waals surface area contributed by atoms with E-state index in [0.717, 1.165) is 11.3 Å². The number of hydrogen-bond acceptors (Lipinski definition) is 7. The van der Waals surface area contributed by atoms with Crippen LogP contribution in [0.2, 0.25) is 0 Å². The summed E-state index contributed by atoms with van der Waals surface area (Å²) in [6, 6.07) is 20.5. The highest BCUT2D eigenvalue weighted by Crippen LogP contribution is 2.31. The third-order valence-corrected chi connectivity index (χ3v) is 6.45. The lowest BCUT2D eigenvalue weighted by molar-refractivity contribution is 0.0514. The Bertz CT molecular complexity index is 1700. The van der Waals surface area contributed by atoms with E-state index in [1.54, 1.807) is 67.7 Å². The number of aromatic nitrogens is 4. The first-order valence-electron chi connectivity index (χ1n) is 12.4. The highest BCUT2D eigenvalue weighted by molar-refractivity contribution is 6.08. The highest BCUT2D eigenvalue weighted by Gasteiger charge is 2.22. The molecule has 0 unspecified atom stereocenters. The van der Waals surface area contributed by atoms with Crippen molar-refractivity contribution in [3.05, 3.63) is 101 Å². The van der Waals surface area contributed by atoms with Crippen LogP contribution in [0.4, 0.5) is 15.9 Å². The lowest BCUT2D eigenvalue weighted by atomic mass is 10.1. The number of rotatable bonds is 7. The van der Waals surface area contributed by atoms with Gasteiger partial charge in [-0.2, -0.15) is 0 Å². The molecule has 2 heterocycles. The Hall–Kier alpha value is -4.92. The number of benzene rings is 3. The Morgan fingerprint density at radius 2 is 1.69 bits per heavy atom. The summed E-state index contributed by atoms with van der Waals surface area (Å²) >= 11 is 0. The molecule has 0 N–H and O–H groups in total. The average molecular weight is 524 g/mol. The average Bonchev–Trinajstić information content (AvgIpc) is 3.25. The minimum atomic E-state index is -0.430. The lowest BCUT2D eigenvalue weighted by Gasteiger charge is -2.21. The molecule has 0 fully saturated rings. The van der Waals surface area contributed by atoms with Crippen LogP contribution in [0.15, 0.2) is 72.8 Å². The van der Waals surface area contributed by atoms with Gasteiger partial charge < -0.3 is 14.2 Å². The SMILES string of the molecule is CCOC(=O)c1c(C)nc(-c2ccc(N(C)c3nc(C(=O)c4ccccc4)nc4ccc(F)cc34)cc2)n1C. The van der Waals surface area contributed by atoms with Crippen molar-refractivity contribution in [2.45, 2.75) is 13.8 Å². The Kier molecular flexibility index (Phi) is 6.89. The van der Waals surface area contributed by atoms with Crippen LogP contribution in [0.5, 0.6) is 0 Å². The number of fused-ring (bicyclic) bond motifs is 1. The molecule has 2 aromatic heterocycles. The number of imidazole rings is 1. The molecule has 8 nitrogen and oxygen atoms in total. The smallest absolute Gasteiger partial charge is 0.356 e. The number of ketones is 1. The molecule has 3 aromatic carbocycles. The van der Waals surface area contributed by atoms with E-state index in [4.69, 9.17) is 4.74 Å². The van der Waals surface area contributed by atoms with Gasteiger partial charge in [0.1, 0.15) is 23.2 Å². The Morgan fingerprint density at radius 3 is 2.38 bits per heavy atom. The molecule has 0 aliphatic heterocycles. The highest BCUT2D eigenvalue weighted by atomic mass is 19.1. The van der Waals surface area contributed by atoms with E-state index >= 15 is 0 Å². The molecule has 5 aromatic rings. The molecule has 39 heavy (non-hydrogen) atoms. The number of nitrogens with zero attached hydrogens (tertiary/aromatic N) is 5. The molecular weight excluding hydrogens is 497 g/mol. The second kappa shape index (κ2) is 10.4. The lowest BCUT2D eigenvalue weighted by Crippen LogP contribution is -2.16. The number of carbonyl (C=O) groups excluding carboxylic acids is 2. The first-order chi connectivity index (χ1) is 18.8. The van der Waals surface area contributed by atoms with Crippen LogP contribution in [0, 0.1) is 12.7 Å². The number of halogens is 1. The zero-order valence-electron chi connectivity index (χ0n) is 22.0. The number of esters is 1. The van der Waals surface area contributed by atoms with Crippen molar-refractivity contribution in [1.29, 1.82) is 0 Å². The van der Waals surface area contributed by atoms with Crippen molar-refractivity contribution in [1.82, 2.24) is 19.5 Å². The summed E-state index contributed by atoms with van der Waals surface area (Å²) in [5, 5.41) is 0.477. The molecule has 0 amide bonds. The summed E-state index contributed by atoms with van der Waals surface area (Å²) < 4.78 is 21.1. The van der Waals surface area contributed by atoms with Gasteiger partial charge >= 0.3 is 5.97 Å². The van der Waals surface area contributed by atoms with Crippen LogP contribution in [0.1, 0.15) is 39.3 Å². The third kappa shape index (κ3) is 4.86. The molecule has 0 bridgehead atoms. The van der Waals surface area contributed by atoms with Crippen LogP contribution in [-0.4, -0.2) is 44.9 Å². The number of ether oxygens (including phenoxy) is 1. The molecule has 196 valence electrons. The second-order valence-electron chi connectivity index (χ2n) is 8.98. The van der Waals surface area contributed by atoms with Crippen LogP contribution < -0.4 is 4.90 Å². The Balaban J connectivity index is 1.53. The fourth-order valence-electron chi connectivity index (χ4n) is 4.49. The van der Waals surface area contributed by atoms with Crippen molar-refractivity contribution in [3.63, 3.8) is 0 Å². The molecule has 9 heteroatoms. The van der Waals surface area contributed by atoms with Crippen molar-refractivity contribution in [3.8, 4) is 11.4 Å². The molecule has 5 rings (SSSR count). The van der Waals surface area contributed by atoms with Crippen LogP contribution in [-0.2, 0) is 11.8 Å². The van der Waals surface area contributed by atoms with E-state index < -0.39 is 11.8 Å². The Labute approximate surface area is 224 Å². The number of hydrogen-bond donors (Lipinski definition) is 0. The third-order valence-electron chi connectivity index (χ3n) is 6.45. The standard InChI is InChI=1S/C30H26FN5O3/c1-5-39-30(38)25-18(2)32-28(36(25)4)20-11-14-22(15-12-20)35(3)29-23-17-21(31)13-16-24(23)33-27(34-29)26(37)19-9-7-6-8-10-19/h6-17H,5H2,1-4H3. The summed E-state index contributed by atoms with van der Waals surface area (Å²) in [5.74, 6) is -0.140. The van der Waals surface area contributed by atoms with Gasteiger partial charge in [-0.1, -0.05) is 30.3 Å². The maximum absolute atomic E-state index is 14.2. The quantitative estimate of drug-likeness (QED) is 0.201. The number of carbonyl (C=O) groups is 2. The van der Waals surface area contributed by atoms with Gasteiger partial charge in [0.15, 0.2) is 0 Å². The number of aryl methyl sites for hydroxylation is 1. The molecule has 0 atom stereocenters. The molecule has 0 aliphatic rings. The molecule has 0 radical (unpaired) electrons. The van der Waals surface area contributed by atoms with Gasteiger partial charge in [-0.15, -0.1) is 0 Å². The van der Waals surface area contributed by atoms with Gasteiger partial charge in [-0.3, -0.25) is 4.79 Å². The van der Waals surface area contributed by atoms with Gasteiger partial charge in [-0.25, -0.2) is 24.1 Å². The maximum Gasteiger partial charge on any atom is 0.356 e. The Morgan fingerprint density at radius 1 is 0.974 bits per heavy atom. The van der Waals surface area contributed by atoms with Crippen LogP contribution in [0.25, 0.3) is 22.3 Å². The number of anilines is 2. The molecule has 0 spiro atoms. The minimum absolute atomic E-state index is 0.0220. The van der Waals surface area contributed by atoms with E-state index in [2.05, 4.69) is 15.0 Å². The topological polar surface area (TPSA) is 90.2 Å². The molecule has 0 aliphatic carbocycles.